The molecule has 1 atom stereocenters. The molecule has 0 bridgehead atoms. The number of aromatic nitrogens is 1. The van der Waals surface area contributed by atoms with Gasteiger partial charge in [0.25, 0.3) is 0 Å². The van der Waals surface area contributed by atoms with Crippen LogP contribution in [0.2, 0.25) is 0 Å². The topological polar surface area (TPSA) is 95.0 Å². The Hall–Kier alpha value is -2.29. The number of rotatable bonds is 3. The van der Waals surface area contributed by atoms with Crippen molar-refractivity contribution < 1.29 is 4.79 Å². The molecule has 0 aliphatic heterocycles. The molecule has 0 spiro atoms. The van der Waals surface area contributed by atoms with Crippen molar-refractivity contribution in [2.24, 2.45) is 0 Å². The van der Waals surface area contributed by atoms with Crippen LogP contribution in [0.4, 0.5) is 11.5 Å². The quantitative estimate of drug-likeness (QED) is 0.789. The van der Waals surface area contributed by atoms with Gasteiger partial charge in [-0.1, -0.05) is 0 Å². The molecule has 0 saturated carbocycles. The van der Waals surface area contributed by atoms with E-state index in [1.807, 2.05) is 6.07 Å². The molecule has 0 saturated heterocycles. The van der Waals surface area contributed by atoms with Gasteiger partial charge in [0.15, 0.2) is 0 Å². The van der Waals surface area contributed by atoms with Crippen molar-refractivity contribution >= 4 is 17.4 Å². The van der Waals surface area contributed by atoms with E-state index in [-0.39, 0.29) is 5.91 Å². The molecular weight excluding hydrogens is 218 g/mol. The lowest BCUT2D eigenvalue weighted by Gasteiger charge is -2.18. The Bertz CT molecular complexity index is 463. The zero-order valence-corrected chi connectivity index (χ0v) is 10.1. The Morgan fingerprint density at radius 2 is 2.29 bits per heavy atom. The zero-order valence-electron chi connectivity index (χ0n) is 10.1. The Kier molecular flexibility index (Phi) is 3.88. The summed E-state index contributed by atoms with van der Waals surface area (Å²) in [6, 6.07) is 3.05. The number of nitrogen functional groups attached to an aromatic ring is 1. The summed E-state index contributed by atoms with van der Waals surface area (Å²) in [6.07, 6.45) is 1.44. The average molecular weight is 233 g/mol. The van der Waals surface area contributed by atoms with Crippen LogP contribution in [-0.2, 0) is 4.79 Å². The van der Waals surface area contributed by atoms with E-state index in [0.717, 1.165) is 0 Å². The van der Waals surface area contributed by atoms with Gasteiger partial charge in [-0.25, -0.2) is 4.98 Å². The van der Waals surface area contributed by atoms with Crippen LogP contribution in [-0.4, -0.2) is 35.9 Å². The predicted molar refractivity (Wildman–Crippen MR) is 65.1 cm³/mol. The highest BCUT2D eigenvalue weighted by atomic mass is 16.2. The number of nitrogens with zero attached hydrogens (tertiary/aromatic N) is 3. The number of pyridine rings is 1. The first kappa shape index (κ1) is 12.8. The maximum Gasteiger partial charge on any atom is 0.244 e. The van der Waals surface area contributed by atoms with Crippen molar-refractivity contribution in [3.63, 3.8) is 0 Å². The third kappa shape index (κ3) is 3.08. The highest BCUT2D eigenvalue weighted by molar-refractivity contribution is 5.84. The molecule has 0 aliphatic rings. The van der Waals surface area contributed by atoms with E-state index in [4.69, 9.17) is 11.0 Å². The Morgan fingerprint density at radius 1 is 1.65 bits per heavy atom. The standard InChI is InChI=1S/C11H15N5O/c1-7(11(17)16(2)3)15-10-8(5-12)4-9(13)6-14-10/h4,6-7H,13H2,1-3H3,(H,14,15). The predicted octanol–water partition coefficient (Wildman–Crippen LogP) is 0.424. The number of carbonyl (C=O) groups excluding carboxylic acids is 1. The van der Waals surface area contributed by atoms with Crippen LogP contribution in [0.1, 0.15) is 12.5 Å². The van der Waals surface area contributed by atoms with Crippen LogP contribution < -0.4 is 11.1 Å². The van der Waals surface area contributed by atoms with Crippen molar-refractivity contribution in [1.29, 1.82) is 5.26 Å². The van der Waals surface area contributed by atoms with Gasteiger partial charge in [0.05, 0.1) is 17.4 Å². The van der Waals surface area contributed by atoms with E-state index in [0.29, 0.717) is 17.1 Å². The summed E-state index contributed by atoms with van der Waals surface area (Å²) in [4.78, 5) is 17.1. The van der Waals surface area contributed by atoms with E-state index >= 15 is 0 Å². The highest BCUT2D eigenvalue weighted by Gasteiger charge is 2.16. The number of carbonyl (C=O) groups is 1. The van der Waals surface area contributed by atoms with Crippen molar-refractivity contribution in [2.45, 2.75) is 13.0 Å². The fourth-order valence-electron chi connectivity index (χ4n) is 1.34. The second kappa shape index (κ2) is 5.16. The van der Waals surface area contributed by atoms with Crippen LogP contribution in [0, 0.1) is 11.3 Å². The molecule has 1 aromatic heterocycles. The Labute approximate surface area is 100 Å². The molecule has 0 aliphatic carbocycles. The van der Waals surface area contributed by atoms with Gasteiger partial charge < -0.3 is 16.0 Å². The minimum absolute atomic E-state index is 0.0903. The van der Waals surface area contributed by atoms with Gasteiger partial charge in [-0.15, -0.1) is 0 Å². The lowest BCUT2D eigenvalue weighted by atomic mass is 10.2. The van der Waals surface area contributed by atoms with E-state index in [9.17, 15) is 4.79 Å². The largest absolute Gasteiger partial charge is 0.397 e. The third-order valence-electron chi connectivity index (χ3n) is 2.19. The van der Waals surface area contributed by atoms with Crippen LogP contribution in [0.25, 0.3) is 0 Å². The normalized spacial score (nSPS) is 11.4. The molecule has 0 aromatic carbocycles. The van der Waals surface area contributed by atoms with Crippen LogP contribution in [0.15, 0.2) is 12.3 Å². The summed E-state index contributed by atoms with van der Waals surface area (Å²) in [6.45, 7) is 1.71. The Balaban J connectivity index is 2.89. The van der Waals surface area contributed by atoms with E-state index in [2.05, 4.69) is 10.3 Å². The lowest BCUT2D eigenvalue weighted by molar-refractivity contribution is -0.129. The van der Waals surface area contributed by atoms with Gasteiger partial charge in [0.1, 0.15) is 17.9 Å². The molecule has 1 rings (SSSR count). The van der Waals surface area contributed by atoms with Gasteiger partial charge in [0, 0.05) is 14.1 Å². The molecule has 0 radical (unpaired) electrons. The summed E-state index contributed by atoms with van der Waals surface area (Å²) < 4.78 is 0. The number of nitrogens with one attached hydrogen (secondary N) is 1. The van der Waals surface area contributed by atoms with Crippen LogP contribution in [0.3, 0.4) is 0 Å². The first-order valence-corrected chi connectivity index (χ1v) is 5.09. The van der Waals surface area contributed by atoms with Crippen LogP contribution in [0.5, 0.6) is 0 Å². The molecule has 1 aromatic rings. The number of likely N-dealkylation sites (N-methyl/N-ethyl adjacent to an activating group) is 1. The van der Waals surface area contributed by atoms with Gasteiger partial charge in [-0.05, 0) is 13.0 Å². The number of hydrogen-bond acceptors (Lipinski definition) is 5. The summed E-state index contributed by atoms with van der Waals surface area (Å²) >= 11 is 0. The van der Waals surface area contributed by atoms with Gasteiger partial charge >= 0.3 is 0 Å². The molecule has 6 heteroatoms. The molecular formula is C11H15N5O. The molecule has 6 nitrogen and oxygen atoms in total. The van der Waals surface area contributed by atoms with Gasteiger partial charge in [0.2, 0.25) is 5.91 Å². The van der Waals surface area contributed by atoms with Crippen molar-refractivity contribution in [1.82, 2.24) is 9.88 Å². The summed E-state index contributed by atoms with van der Waals surface area (Å²) in [5.74, 6) is 0.275. The molecule has 1 amide bonds. The molecule has 1 unspecified atom stereocenters. The first-order valence-electron chi connectivity index (χ1n) is 5.09. The molecule has 0 fully saturated rings. The highest BCUT2D eigenvalue weighted by Crippen LogP contribution is 2.15. The van der Waals surface area contributed by atoms with Crippen LogP contribution >= 0.6 is 0 Å². The second-order valence-corrected chi connectivity index (χ2v) is 3.88. The van der Waals surface area contributed by atoms with Crippen molar-refractivity contribution in [2.75, 3.05) is 25.1 Å². The number of hydrogen-bond donors (Lipinski definition) is 2. The molecule has 3 N–H and O–H groups in total. The van der Waals surface area contributed by atoms with E-state index in [1.54, 1.807) is 21.0 Å². The third-order valence-corrected chi connectivity index (χ3v) is 2.19. The zero-order chi connectivity index (χ0) is 13.0. The minimum Gasteiger partial charge on any atom is -0.397 e. The smallest absolute Gasteiger partial charge is 0.244 e. The number of nitriles is 1. The van der Waals surface area contributed by atoms with E-state index < -0.39 is 6.04 Å². The van der Waals surface area contributed by atoms with Crippen molar-refractivity contribution in [3.8, 4) is 6.07 Å². The summed E-state index contributed by atoms with van der Waals surface area (Å²) in [7, 11) is 3.34. The number of anilines is 2. The van der Waals surface area contributed by atoms with Crippen molar-refractivity contribution in [3.05, 3.63) is 17.8 Å². The van der Waals surface area contributed by atoms with Gasteiger partial charge in [-0.3, -0.25) is 4.79 Å². The fourth-order valence-corrected chi connectivity index (χ4v) is 1.34. The maximum atomic E-state index is 11.6. The fraction of sp³-hybridized carbons (Fsp3) is 0.364. The first-order chi connectivity index (χ1) is 7.95. The minimum atomic E-state index is -0.451. The SMILES string of the molecule is CC(Nc1ncc(N)cc1C#N)C(=O)N(C)C. The molecule has 1 heterocycles. The molecule has 17 heavy (non-hydrogen) atoms. The average Bonchev–Trinajstić information content (AvgIpc) is 2.30. The number of nitrogens with two attached hydrogens (primary N) is 1. The molecule has 90 valence electrons. The number of amides is 1. The summed E-state index contributed by atoms with van der Waals surface area (Å²) in [5, 5.41) is 11.8. The van der Waals surface area contributed by atoms with Gasteiger partial charge in [-0.2, -0.15) is 5.26 Å². The summed E-state index contributed by atoms with van der Waals surface area (Å²) in [5.41, 5.74) is 6.26. The van der Waals surface area contributed by atoms with E-state index in [1.165, 1.54) is 17.2 Å². The second-order valence-electron chi connectivity index (χ2n) is 3.88. The lowest BCUT2D eigenvalue weighted by Crippen LogP contribution is -2.37. The monoisotopic (exact) mass is 233 g/mol. The maximum absolute atomic E-state index is 11.6. The Morgan fingerprint density at radius 3 is 2.82 bits per heavy atom.